The quantitative estimate of drug-likeness (QED) is 0.820. The Kier molecular flexibility index (Phi) is 5.76. The second kappa shape index (κ2) is 8.21. The monoisotopic (exact) mass is 356 g/mol. The van der Waals surface area contributed by atoms with Gasteiger partial charge < -0.3 is 14.5 Å². The van der Waals surface area contributed by atoms with Crippen LogP contribution in [0.4, 0.5) is 10.1 Å². The highest BCUT2D eigenvalue weighted by molar-refractivity contribution is 5.81. The average Bonchev–Trinajstić information content (AvgIpc) is 2.68. The summed E-state index contributed by atoms with van der Waals surface area (Å²) in [5.74, 6) is 0.522. The van der Waals surface area contributed by atoms with Gasteiger partial charge in [-0.25, -0.2) is 4.39 Å². The maximum absolute atomic E-state index is 13.1. The van der Waals surface area contributed by atoms with E-state index in [9.17, 15) is 9.18 Å². The van der Waals surface area contributed by atoms with Crippen LogP contribution >= 0.6 is 0 Å². The van der Waals surface area contributed by atoms with Crippen LogP contribution in [0.25, 0.3) is 0 Å². The van der Waals surface area contributed by atoms with Crippen molar-refractivity contribution in [3.05, 3.63) is 59.9 Å². The zero-order chi connectivity index (χ0) is 18.5. The molecule has 0 aliphatic carbocycles. The van der Waals surface area contributed by atoms with Gasteiger partial charge in [0.2, 0.25) is 0 Å². The van der Waals surface area contributed by atoms with Crippen LogP contribution in [-0.4, -0.2) is 43.1 Å². The molecule has 1 atom stereocenters. The topological polar surface area (TPSA) is 32.8 Å². The fourth-order valence-corrected chi connectivity index (χ4v) is 3.13. The van der Waals surface area contributed by atoms with E-state index in [-0.39, 0.29) is 11.7 Å². The third-order valence-electron chi connectivity index (χ3n) is 4.73. The van der Waals surface area contributed by atoms with Gasteiger partial charge in [0.25, 0.3) is 5.91 Å². The maximum atomic E-state index is 13.1. The lowest BCUT2D eigenvalue weighted by molar-refractivity contribution is -0.139. The first-order valence-corrected chi connectivity index (χ1v) is 9.09. The summed E-state index contributed by atoms with van der Waals surface area (Å²) in [5, 5.41) is 0. The van der Waals surface area contributed by atoms with Crippen molar-refractivity contribution in [3.63, 3.8) is 0 Å². The van der Waals surface area contributed by atoms with E-state index in [1.807, 2.05) is 43.0 Å². The van der Waals surface area contributed by atoms with E-state index < -0.39 is 6.10 Å². The van der Waals surface area contributed by atoms with Crippen molar-refractivity contribution in [2.45, 2.75) is 26.4 Å². The van der Waals surface area contributed by atoms with E-state index in [0.29, 0.717) is 19.5 Å². The SMILES string of the molecule is CC[C@@H](Oc1ccc(C)cc1)C(=O)N1CCN(c2ccc(F)cc2)CC1. The van der Waals surface area contributed by atoms with Crippen molar-refractivity contribution >= 4 is 11.6 Å². The standard InChI is InChI=1S/C21H25FN2O2/c1-3-20(26-19-10-4-16(2)5-11-19)21(25)24-14-12-23(13-15-24)18-8-6-17(22)7-9-18/h4-11,20H,3,12-15H2,1-2H3/t20-/m1/s1. The largest absolute Gasteiger partial charge is 0.481 e. The Balaban J connectivity index is 1.57. The summed E-state index contributed by atoms with van der Waals surface area (Å²) in [4.78, 5) is 16.9. The molecule has 1 fully saturated rings. The second-order valence-electron chi connectivity index (χ2n) is 6.62. The van der Waals surface area contributed by atoms with Gasteiger partial charge >= 0.3 is 0 Å². The van der Waals surface area contributed by atoms with Crippen LogP contribution in [0.2, 0.25) is 0 Å². The molecule has 26 heavy (non-hydrogen) atoms. The van der Waals surface area contributed by atoms with Crippen LogP contribution in [0.15, 0.2) is 48.5 Å². The van der Waals surface area contributed by atoms with Crippen LogP contribution in [0.1, 0.15) is 18.9 Å². The van der Waals surface area contributed by atoms with E-state index >= 15 is 0 Å². The Labute approximate surface area is 154 Å². The number of aryl methyl sites for hydroxylation is 1. The number of amides is 1. The molecule has 1 saturated heterocycles. The lowest BCUT2D eigenvalue weighted by atomic mass is 10.2. The average molecular weight is 356 g/mol. The predicted octanol–water partition coefficient (Wildman–Crippen LogP) is 3.64. The minimum Gasteiger partial charge on any atom is -0.481 e. The smallest absolute Gasteiger partial charge is 0.263 e. The van der Waals surface area contributed by atoms with E-state index in [0.717, 1.165) is 30.1 Å². The number of rotatable bonds is 5. The molecule has 4 nitrogen and oxygen atoms in total. The zero-order valence-corrected chi connectivity index (χ0v) is 15.3. The summed E-state index contributed by atoms with van der Waals surface area (Å²) < 4.78 is 19.0. The van der Waals surface area contributed by atoms with Gasteiger partial charge in [0.15, 0.2) is 6.10 Å². The van der Waals surface area contributed by atoms with Crippen molar-refractivity contribution < 1.29 is 13.9 Å². The third kappa shape index (κ3) is 4.34. The predicted molar refractivity (Wildman–Crippen MR) is 101 cm³/mol. The molecule has 2 aromatic carbocycles. The fraction of sp³-hybridized carbons (Fsp3) is 0.381. The van der Waals surface area contributed by atoms with Crippen LogP contribution in [-0.2, 0) is 4.79 Å². The van der Waals surface area contributed by atoms with Gasteiger partial charge in [-0.2, -0.15) is 0 Å². The molecule has 0 spiro atoms. The molecule has 5 heteroatoms. The van der Waals surface area contributed by atoms with E-state index in [2.05, 4.69) is 4.90 Å². The van der Waals surface area contributed by atoms with Gasteiger partial charge in [0.1, 0.15) is 11.6 Å². The summed E-state index contributed by atoms with van der Waals surface area (Å²) in [7, 11) is 0. The summed E-state index contributed by atoms with van der Waals surface area (Å²) in [6.07, 6.45) is 0.167. The molecule has 1 aliphatic heterocycles. The number of hydrogen-bond donors (Lipinski definition) is 0. The summed E-state index contributed by atoms with van der Waals surface area (Å²) in [5.41, 5.74) is 2.15. The van der Waals surface area contributed by atoms with Crippen molar-refractivity contribution in [2.75, 3.05) is 31.1 Å². The molecule has 0 aromatic heterocycles. The molecular formula is C21H25FN2O2. The Bertz CT molecular complexity index is 723. The highest BCUT2D eigenvalue weighted by Gasteiger charge is 2.28. The molecule has 0 radical (unpaired) electrons. The number of hydrogen-bond acceptors (Lipinski definition) is 3. The number of nitrogens with zero attached hydrogens (tertiary/aromatic N) is 2. The number of halogens is 1. The molecule has 3 rings (SSSR count). The Morgan fingerprint density at radius 3 is 2.23 bits per heavy atom. The Morgan fingerprint density at radius 2 is 1.65 bits per heavy atom. The number of ether oxygens (including phenoxy) is 1. The minimum atomic E-state index is -0.463. The van der Waals surface area contributed by atoms with Gasteiger partial charge in [-0.3, -0.25) is 4.79 Å². The van der Waals surface area contributed by atoms with Crippen molar-refractivity contribution in [1.29, 1.82) is 0 Å². The number of carbonyl (C=O) groups is 1. The maximum Gasteiger partial charge on any atom is 0.263 e. The number of carbonyl (C=O) groups excluding carboxylic acids is 1. The van der Waals surface area contributed by atoms with Crippen molar-refractivity contribution in [1.82, 2.24) is 4.90 Å². The summed E-state index contributed by atoms with van der Waals surface area (Å²) >= 11 is 0. The molecule has 2 aromatic rings. The van der Waals surface area contributed by atoms with Gasteiger partial charge in [-0.1, -0.05) is 24.6 Å². The van der Waals surface area contributed by atoms with Crippen LogP contribution in [0.5, 0.6) is 5.75 Å². The van der Waals surface area contributed by atoms with Gasteiger partial charge in [0.05, 0.1) is 0 Å². The highest BCUT2D eigenvalue weighted by Crippen LogP contribution is 2.19. The fourth-order valence-electron chi connectivity index (χ4n) is 3.13. The molecule has 1 amide bonds. The second-order valence-corrected chi connectivity index (χ2v) is 6.62. The van der Waals surface area contributed by atoms with Gasteiger partial charge in [-0.05, 0) is 49.7 Å². The molecule has 0 unspecified atom stereocenters. The number of benzene rings is 2. The molecular weight excluding hydrogens is 331 g/mol. The number of anilines is 1. The first-order valence-electron chi connectivity index (χ1n) is 9.09. The third-order valence-corrected chi connectivity index (χ3v) is 4.73. The van der Waals surface area contributed by atoms with Crippen LogP contribution < -0.4 is 9.64 Å². The molecule has 0 bridgehead atoms. The molecule has 1 aliphatic rings. The molecule has 0 N–H and O–H groups in total. The Morgan fingerprint density at radius 1 is 1.04 bits per heavy atom. The molecule has 0 saturated carbocycles. The normalized spacial score (nSPS) is 15.7. The van der Waals surface area contributed by atoms with Crippen LogP contribution in [0, 0.1) is 12.7 Å². The Hall–Kier alpha value is -2.56. The summed E-state index contributed by atoms with van der Waals surface area (Å²) in [6.45, 7) is 6.74. The zero-order valence-electron chi connectivity index (χ0n) is 15.3. The van der Waals surface area contributed by atoms with Crippen LogP contribution in [0.3, 0.4) is 0 Å². The van der Waals surface area contributed by atoms with Crippen molar-refractivity contribution in [2.24, 2.45) is 0 Å². The van der Waals surface area contributed by atoms with E-state index in [1.165, 1.54) is 12.1 Å². The van der Waals surface area contributed by atoms with Crippen molar-refractivity contribution in [3.8, 4) is 5.75 Å². The van der Waals surface area contributed by atoms with Gasteiger partial charge in [0, 0.05) is 31.9 Å². The van der Waals surface area contributed by atoms with Gasteiger partial charge in [-0.15, -0.1) is 0 Å². The first-order chi connectivity index (χ1) is 12.6. The highest BCUT2D eigenvalue weighted by atomic mass is 19.1. The number of piperazine rings is 1. The van der Waals surface area contributed by atoms with E-state index in [4.69, 9.17) is 4.74 Å². The summed E-state index contributed by atoms with van der Waals surface area (Å²) in [6, 6.07) is 14.3. The lowest BCUT2D eigenvalue weighted by Crippen LogP contribution is -2.52. The van der Waals surface area contributed by atoms with E-state index in [1.54, 1.807) is 12.1 Å². The first kappa shape index (κ1) is 18.2. The minimum absolute atomic E-state index is 0.0341. The molecule has 1 heterocycles. The lowest BCUT2D eigenvalue weighted by Gasteiger charge is -2.37. The molecule has 138 valence electrons.